The van der Waals surface area contributed by atoms with Gasteiger partial charge in [-0.2, -0.15) is 0 Å². The van der Waals surface area contributed by atoms with E-state index in [9.17, 15) is 4.39 Å². The lowest BCUT2D eigenvalue weighted by Gasteiger charge is -2.30. The van der Waals surface area contributed by atoms with Crippen molar-refractivity contribution < 1.29 is 4.39 Å². The topological polar surface area (TPSA) is 17.8 Å². The van der Waals surface area contributed by atoms with E-state index in [2.05, 4.69) is 16.5 Å². The fourth-order valence-corrected chi connectivity index (χ4v) is 3.63. The Balaban J connectivity index is 2.00. The van der Waals surface area contributed by atoms with Crippen molar-refractivity contribution >= 4 is 22.6 Å². The van der Waals surface area contributed by atoms with Gasteiger partial charge in [0.25, 0.3) is 0 Å². The average Bonchev–Trinajstić information content (AvgIpc) is 2.87. The molecule has 1 fully saturated rings. The minimum absolute atomic E-state index is 0.255. The van der Waals surface area contributed by atoms with E-state index in [1.54, 1.807) is 6.07 Å². The van der Waals surface area contributed by atoms with E-state index < -0.39 is 0 Å². The van der Waals surface area contributed by atoms with Crippen LogP contribution in [0.5, 0.6) is 0 Å². The molecule has 2 nitrogen and oxygen atoms in total. The summed E-state index contributed by atoms with van der Waals surface area (Å²) in [6, 6.07) is 5.59. The molecular formula is C16H20ClFN2. The number of fused-ring (bicyclic) bond motifs is 1. The van der Waals surface area contributed by atoms with Gasteiger partial charge in [-0.1, -0.05) is 19.4 Å². The molecular weight excluding hydrogens is 275 g/mol. The van der Waals surface area contributed by atoms with Gasteiger partial charge >= 0.3 is 0 Å². The second-order valence-corrected chi connectivity index (χ2v) is 5.99. The molecule has 0 unspecified atom stereocenters. The van der Waals surface area contributed by atoms with Gasteiger partial charge in [0.2, 0.25) is 0 Å². The van der Waals surface area contributed by atoms with Crippen LogP contribution in [0.3, 0.4) is 0 Å². The molecule has 108 valence electrons. The standard InChI is InChI=1S/C16H20ClFN2/c1-2-11-6-8-12(9-7-11)20-14-5-3-4-13(18)16(14)19-15(20)10-17/h3-5,11-12H,2,6-10H2,1H3. The molecule has 20 heavy (non-hydrogen) atoms. The van der Waals surface area contributed by atoms with Crippen molar-refractivity contribution in [1.29, 1.82) is 0 Å². The molecule has 1 aromatic carbocycles. The zero-order valence-corrected chi connectivity index (χ0v) is 12.5. The molecule has 0 bridgehead atoms. The Morgan fingerprint density at radius 1 is 1.30 bits per heavy atom. The van der Waals surface area contributed by atoms with Gasteiger partial charge in [0.1, 0.15) is 11.3 Å². The van der Waals surface area contributed by atoms with Crippen LogP contribution >= 0.6 is 11.6 Å². The molecule has 0 atom stereocenters. The third-order valence-corrected chi connectivity index (χ3v) is 4.86. The van der Waals surface area contributed by atoms with Crippen LogP contribution in [0.15, 0.2) is 18.2 Å². The van der Waals surface area contributed by atoms with E-state index in [0.717, 1.165) is 30.1 Å². The summed E-state index contributed by atoms with van der Waals surface area (Å²) in [4.78, 5) is 4.40. The fraction of sp³-hybridized carbons (Fsp3) is 0.562. The molecule has 3 rings (SSSR count). The molecule has 4 heteroatoms. The highest BCUT2D eigenvalue weighted by molar-refractivity contribution is 6.16. The van der Waals surface area contributed by atoms with Gasteiger partial charge in [-0.3, -0.25) is 0 Å². The quantitative estimate of drug-likeness (QED) is 0.724. The Kier molecular flexibility index (Phi) is 3.97. The van der Waals surface area contributed by atoms with Crippen molar-refractivity contribution in [2.24, 2.45) is 5.92 Å². The minimum atomic E-state index is -0.255. The van der Waals surface area contributed by atoms with Gasteiger partial charge in [-0.25, -0.2) is 9.37 Å². The summed E-state index contributed by atoms with van der Waals surface area (Å²) in [5, 5.41) is 0. The van der Waals surface area contributed by atoms with Crippen LogP contribution in [0.2, 0.25) is 0 Å². The zero-order chi connectivity index (χ0) is 14.1. The van der Waals surface area contributed by atoms with E-state index in [4.69, 9.17) is 11.6 Å². The van der Waals surface area contributed by atoms with Crippen LogP contribution in [-0.4, -0.2) is 9.55 Å². The van der Waals surface area contributed by atoms with Crippen LogP contribution in [-0.2, 0) is 5.88 Å². The number of aromatic nitrogens is 2. The number of nitrogens with zero attached hydrogens (tertiary/aromatic N) is 2. The molecule has 0 aliphatic heterocycles. The predicted molar refractivity (Wildman–Crippen MR) is 80.5 cm³/mol. The summed E-state index contributed by atoms with van der Waals surface area (Å²) in [6.45, 7) is 2.26. The summed E-state index contributed by atoms with van der Waals surface area (Å²) in [6.07, 6.45) is 6.04. The SMILES string of the molecule is CCC1CCC(n2c(CCl)nc3c(F)cccc32)CC1. The summed E-state index contributed by atoms with van der Waals surface area (Å²) >= 11 is 6.03. The first-order chi connectivity index (χ1) is 9.74. The lowest BCUT2D eigenvalue weighted by atomic mass is 9.84. The molecule has 1 aromatic heterocycles. The number of rotatable bonds is 3. The van der Waals surface area contributed by atoms with Crippen LogP contribution in [0, 0.1) is 11.7 Å². The third kappa shape index (κ3) is 2.32. The Morgan fingerprint density at radius 3 is 2.70 bits per heavy atom. The van der Waals surface area contributed by atoms with Crippen molar-refractivity contribution in [3.8, 4) is 0 Å². The van der Waals surface area contributed by atoms with Gasteiger partial charge in [-0.15, -0.1) is 11.6 Å². The second kappa shape index (κ2) is 5.72. The van der Waals surface area contributed by atoms with Crippen LogP contribution in [0.1, 0.15) is 50.9 Å². The Labute approximate surface area is 123 Å². The Bertz CT molecular complexity index is 600. The molecule has 1 aliphatic rings. The molecule has 0 N–H and O–H groups in total. The van der Waals surface area contributed by atoms with Crippen molar-refractivity contribution in [2.45, 2.75) is 50.9 Å². The number of halogens is 2. The highest BCUT2D eigenvalue weighted by atomic mass is 35.5. The molecule has 0 saturated heterocycles. The number of alkyl halides is 1. The Morgan fingerprint density at radius 2 is 2.05 bits per heavy atom. The number of para-hydroxylation sites is 1. The maximum absolute atomic E-state index is 13.9. The average molecular weight is 295 g/mol. The summed E-state index contributed by atoms with van der Waals surface area (Å²) in [7, 11) is 0. The maximum Gasteiger partial charge on any atom is 0.151 e. The number of imidazole rings is 1. The molecule has 0 amide bonds. The molecule has 0 radical (unpaired) electrons. The van der Waals surface area contributed by atoms with Crippen molar-refractivity contribution in [3.05, 3.63) is 29.8 Å². The van der Waals surface area contributed by atoms with Crippen LogP contribution < -0.4 is 0 Å². The summed E-state index contributed by atoms with van der Waals surface area (Å²) in [5.41, 5.74) is 1.35. The molecule has 1 saturated carbocycles. The third-order valence-electron chi connectivity index (χ3n) is 4.62. The van der Waals surface area contributed by atoms with Gasteiger partial charge in [0, 0.05) is 6.04 Å². The van der Waals surface area contributed by atoms with E-state index in [1.807, 2.05) is 6.07 Å². The number of hydrogen-bond donors (Lipinski definition) is 0. The van der Waals surface area contributed by atoms with Crippen LogP contribution in [0.25, 0.3) is 11.0 Å². The van der Waals surface area contributed by atoms with E-state index >= 15 is 0 Å². The maximum atomic E-state index is 13.9. The monoisotopic (exact) mass is 294 g/mol. The smallest absolute Gasteiger partial charge is 0.151 e. The van der Waals surface area contributed by atoms with Crippen molar-refractivity contribution in [3.63, 3.8) is 0 Å². The fourth-order valence-electron chi connectivity index (χ4n) is 3.44. The molecule has 1 heterocycles. The first-order valence-corrected chi connectivity index (χ1v) is 7.99. The normalized spacial score (nSPS) is 23.4. The first kappa shape index (κ1) is 13.9. The van der Waals surface area contributed by atoms with Crippen LogP contribution in [0.4, 0.5) is 4.39 Å². The predicted octanol–water partition coefficient (Wildman–Crippen LogP) is 5.06. The second-order valence-electron chi connectivity index (χ2n) is 5.72. The zero-order valence-electron chi connectivity index (χ0n) is 11.8. The first-order valence-electron chi connectivity index (χ1n) is 7.45. The van der Waals surface area contributed by atoms with Gasteiger partial charge in [0.05, 0.1) is 11.4 Å². The number of hydrogen-bond acceptors (Lipinski definition) is 1. The lowest BCUT2D eigenvalue weighted by molar-refractivity contribution is 0.270. The lowest BCUT2D eigenvalue weighted by Crippen LogP contribution is -2.19. The van der Waals surface area contributed by atoms with E-state index in [-0.39, 0.29) is 5.82 Å². The van der Waals surface area contributed by atoms with E-state index in [1.165, 1.54) is 25.3 Å². The summed E-state index contributed by atoms with van der Waals surface area (Å²) < 4.78 is 16.1. The highest BCUT2D eigenvalue weighted by Gasteiger charge is 2.25. The Hall–Kier alpha value is -1.09. The van der Waals surface area contributed by atoms with Crippen molar-refractivity contribution in [1.82, 2.24) is 9.55 Å². The summed E-state index contributed by atoms with van der Waals surface area (Å²) in [5.74, 6) is 1.72. The highest BCUT2D eigenvalue weighted by Crippen LogP contribution is 2.36. The molecule has 2 aromatic rings. The van der Waals surface area contributed by atoms with Gasteiger partial charge in [0.15, 0.2) is 5.82 Å². The minimum Gasteiger partial charge on any atom is -0.324 e. The van der Waals surface area contributed by atoms with Gasteiger partial charge < -0.3 is 4.57 Å². The largest absolute Gasteiger partial charge is 0.324 e. The van der Waals surface area contributed by atoms with E-state index in [0.29, 0.717) is 17.4 Å². The van der Waals surface area contributed by atoms with Gasteiger partial charge in [-0.05, 0) is 43.7 Å². The molecule has 1 aliphatic carbocycles. The number of benzene rings is 1. The molecule has 0 spiro atoms. The van der Waals surface area contributed by atoms with Crippen molar-refractivity contribution in [2.75, 3.05) is 0 Å².